The molecule has 0 spiro atoms. The summed E-state index contributed by atoms with van der Waals surface area (Å²) in [4.78, 5) is 8.72. The molecular formula is C13H17N3OS. The first-order valence-corrected chi connectivity index (χ1v) is 6.76. The number of nitrogens with zero attached hydrogens (tertiary/aromatic N) is 3. The predicted octanol–water partition coefficient (Wildman–Crippen LogP) is 3.62. The SMILES string of the molecule is C[C@H](Sc1ccccn1)c1nc(C(C)(C)C)no1. The molecule has 0 fully saturated rings. The minimum atomic E-state index is -0.0862. The van der Waals surface area contributed by atoms with Crippen LogP contribution in [0.15, 0.2) is 33.9 Å². The molecule has 0 unspecified atom stereocenters. The Morgan fingerprint density at radius 3 is 2.61 bits per heavy atom. The Balaban J connectivity index is 2.10. The van der Waals surface area contributed by atoms with Crippen molar-refractivity contribution in [3.05, 3.63) is 36.1 Å². The summed E-state index contributed by atoms with van der Waals surface area (Å²) in [6.45, 7) is 8.24. The average Bonchev–Trinajstić information content (AvgIpc) is 2.79. The zero-order chi connectivity index (χ0) is 13.2. The number of hydrogen-bond donors (Lipinski definition) is 0. The van der Waals surface area contributed by atoms with Crippen molar-refractivity contribution < 1.29 is 4.52 Å². The third kappa shape index (κ3) is 3.10. The van der Waals surface area contributed by atoms with Gasteiger partial charge in [0.15, 0.2) is 5.82 Å². The molecule has 5 heteroatoms. The van der Waals surface area contributed by atoms with E-state index >= 15 is 0 Å². The van der Waals surface area contributed by atoms with Gasteiger partial charge in [-0.3, -0.25) is 0 Å². The van der Waals surface area contributed by atoms with Crippen molar-refractivity contribution in [2.45, 2.75) is 43.4 Å². The molecule has 96 valence electrons. The van der Waals surface area contributed by atoms with E-state index < -0.39 is 0 Å². The smallest absolute Gasteiger partial charge is 0.239 e. The van der Waals surface area contributed by atoms with E-state index in [-0.39, 0.29) is 10.7 Å². The Bertz CT molecular complexity index is 504. The normalized spacial score (nSPS) is 13.6. The lowest BCUT2D eigenvalue weighted by Crippen LogP contribution is -2.13. The van der Waals surface area contributed by atoms with Crippen molar-refractivity contribution >= 4 is 11.8 Å². The van der Waals surface area contributed by atoms with Crippen LogP contribution in [-0.2, 0) is 5.41 Å². The maximum Gasteiger partial charge on any atom is 0.239 e. The molecule has 2 rings (SSSR count). The number of pyridine rings is 1. The number of aromatic nitrogens is 3. The van der Waals surface area contributed by atoms with Gasteiger partial charge in [0.25, 0.3) is 0 Å². The molecule has 2 aromatic rings. The van der Waals surface area contributed by atoms with Crippen molar-refractivity contribution in [3.63, 3.8) is 0 Å². The summed E-state index contributed by atoms with van der Waals surface area (Å²) in [6.07, 6.45) is 1.78. The summed E-state index contributed by atoms with van der Waals surface area (Å²) >= 11 is 1.61. The van der Waals surface area contributed by atoms with Crippen molar-refractivity contribution in [3.8, 4) is 0 Å². The summed E-state index contributed by atoms with van der Waals surface area (Å²) < 4.78 is 5.32. The highest BCUT2D eigenvalue weighted by atomic mass is 32.2. The predicted molar refractivity (Wildman–Crippen MR) is 71.5 cm³/mol. The van der Waals surface area contributed by atoms with Crippen LogP contribution in [0.4, 0.5) is 0 Å². The van der Waals surface area contributed by atoms with E-state index in [1.165, 1.54) is 0 Å². The van der Waals surface area contributed by atoms with Gasteiger partial charge in [-0.05, 0) is 19.1 Å². The molecule has 2 aromatic heterocycles. The van der Waals surface area contributed by atoms with Gasteiger partial charge >= 0.3 is 0 Å². The molecule has 0 aromatic carbocycles. The zero-order valence-corrected chi connectivity index (χ0v) is 11.9. The van der Waals surface area contributed by atoms with E-state index in [2.05, 4.69) is 35.9 Å². The Morgan fingerprint density at radius 1 is 1.28 bits per heavy atom. The van der Waals surface area contributed by atoms with Crippen LogP contribution >= 0.6 is 11.8 Å². The summed E-state index contributed by atoms with van der Waals surface area (Å²) in [6, 6.07) is 5.85. The van der Waals surface area contributed by atoms with Crippen LogP contribution < -0.4 is 0 Å². The van der Waals surface area contributed by atoms with E-state index in [9.17, 15) is 0 Å². The van der Waals surface area contributed by atoms with E-state index in [1.807, 2.05) is 25.1 Å². The maximum atomic E-state index is 5.32. The second-order valence-corrected chi connectivity index (χ2v) is 6.50. The van der Waals surface area contributed by atoms with Crippen molar-refractivity contribution in [2.75, 3.05) is 0 Å². The fourth-order valence-electron chi connectivity index (χ4n) is 1.35. The third-order valence-electron chi connectivity index (χ3n) is 2.40. The van der Waals surface area contributed by atoms with E-state index in [4.69, 9.17) is 4.52 Å². The topological polar surface area (TPSA) is 51.8 Å². The molecule has 0 amide bonds. The Hall–Kier alpha value is -1.36. The lowest BCUT2D eigenvalue weighted by Gasteiger charge is -2.11. The fraction of sp³-hybridized carbons (Fsp3) is 0.462. The molecule has 1 atom stereocenters. The summed E-state index contributed by atoms with van der Waals surface area (Å²) in [5.41, 5.74) is -0.0862. The minimum Gasteiger partial charge on any atom is -0.338 e. The highest BCUT2D eigenvalue weighted by molar-refractivity contribution is 7.99. The second-order valence-electron chi connectivity index (χ2n) is 5.13. The minimum absolute atomic E-state index is 0.0862. The molecular weight excluding hydrogens is 246 g/mol. The van der Waals surface area contributed by atoms with Crippen molar-refractivity contribution in [2.24, 2.45) is 0 Å². The molecule has 0 bridgehead atoms. The molecule has 0 saturated heterocycles. The fourth-order valence-corrected chi connectivity index (χ4v) is 2.19. The van der Waals surface area contributed by atoms with Gasteiger partial charge in [0.2, 0.25) is 5.89 Å². The molecule has 18 heavy (non-hydrogen) atoms. The molecule has 0 aliphatic carbocycles. The van der Waals surface area contributed by atoms with Crippen LogP contribution in [0.3, 0.4) is 0 Å². The molecule has 2 heterocycles. The van der Waals surface area contributed by atoms with Gasteiger partial charge < -0.3 is 4.52 Å². The summed E-state index contributed by atoms with van der Waals surface area (Å²) in [7, 11) is 0. The van der Waals surface area contributed by atoms with Crippen LogP contribution in [-0.4, -0.2) is 15.1 Å². The number of thioether (sulfide) groups is 1. The summed E-state index contributed by atoms with van der Waals surface area (Å²) in [5, 5.41) is 5.09. The molecule has 4 nitrogen and oxygen atoms in total. The van der Waals surface area contributed by atoms with E-state index in [1.54, 1.807) is 18.0 Å². The highest BCUT2D eigenvalue weighted by Gasteiger charge is 2.23. The van der Waals surface area contributed by atoms with E-state index in [0.29, 0.717) is 5.89 Å². The molecule has 0 aliphatic rings. The van der Waals surface area contributed by atoms with Gasteiger partial charge in [-0.2, -0.15) is 4.98 Å². The first kappa shape index (κ1) is 13.1. The van der Waals surface area contributed by atoms with Crippen LogP contribution in [0.1, 0.15) is 44.7 Å². The monoisotopic (exact) mass is 263 g/mol. The second kappa shape index (κ2) is 5.10. The van der Waals surface area contributed by atoms with Crippen molar-refractivity contribution in [1.29, 1.82) is 0 Å². The van der Waals surface area contributed by atoms with Crippen LogP contribution in [0.5, 0.6) is 0 Å². The first-order chi connectivity index (χ1) is 8.47. The van der Waals surface area contributed by atoms with Gasteiger partial charge in [-0.15, -0.1) is 0 Å². The van der Waals surface area contributed by atoms with Gasteiger partial charge in [-0.1, -0.05) is 43.8 Å². The van der Waals surface area contributed by atoms with Crippen LogP contribution in [0, 0.1) is 0 Å². The molecule has 0 radical (unpaired) electrons. The first-order valence-electron chi connectivity index (χ1n) is 5.88. The average molecular weight is 263 g/mol. The van der Waals surface area contributed by atoms with Gasteiger partial charge in [0.05, 0.1) is 10.3 Å². The molecule has 0 aliphatic heterocycles. The zero-order valence-electron chi connectivity index (χ0n) is 11.0. The highest BCUT2D eigenvalue weighted by Crippen LogP contribution is 2.33. The Kier molecular flexibility index (Phi) is 3.71. The Labute approximate surface area is 111 Å². The van der Waals surface area contributed by atoms with Gasteiger partial charge in [0.1, 0.15) is 0 Å². The third-order valence-corrected chi connectivity index (χ3v) is 3.43. The Morgan fingerprint density at radius 2 is 2.06 bits per heavy atom. The quantitative estimate of drug-likeness (QED) is 0.792. The largest absolute Gasteiger partial charge is 0.338 e. The van der Waals surface area contributed by atoms with Gasteiger partial charge in [-0.25, -0.2) is 4.98 Å². The van der Waals surface area contributed by atoms with Gasteiger partial charge in [0, 0.05) is 11.6 Å². The lowest BCUT2D eigenvalue weighted by atomic mass is 9.96. The molecule has 0 saturated carbocycles. The maximum absolute atomic E-state index is 5.32. The number of hydrogen-bond acceptors (Lipinski definition) is 5. The van der Waals surface area contributed by atoms with Crippen LogP contribution in [0.2, 0.25) is 0 Å². The van der Waals surface area contributed by atoms with Crippen molar-refractivity contribution in [1.82, 2.24) is 15.1 Å². The standard InChI is InChI=1S/C13H17N3OS/c1-9(18-10-7-5-6-8-14-10)11-15-12(16-17-11)13(2,3)4/h5-9H,1-4H3/t9-/m0/s1. The van der Waals surface area contributed by atoms with Crippen LogP contribution in [0.25, 0.3) is 0 Å². The summed E-state index contributed by atoms with van der Waals surface area (Å²) in [5.74, 6) is 1.39. The number of rotatable bonds is 3. The molecule has 0 N–H and O–H groups in total. The van der Waals surface area contributed by atoms with E-state index in [0.717, 1.165) is 10.9 Å². The lowest BCUT2D eigenvalue weighted by molar-refractivity contribution is 0.364.